The van der Waals surface area contributed by atoms with Gasteiger partial charge in [0.2, 0.25) is 0 Å². The number of hydrogen-bond acceptors (Lipinski definition) is 4. The van der Waals surface area contributed by atoms with Gasteiger partial charge >= 0.3 is 0 Å². The van der Waals surface area contributed by atoms with Crippen LogP contribution in [-0.2, 0) is 6.54 Å². The van der Waals surface area contributed by atoms with Gasteiger partial charge in [0.25, 0.3) is 0 Å². The van der Waals surface area contributed by atoms with Crippen LogP contribution in [0.1, 0.15) is 22.9 Å². The standard InChI is InChI=1S/C15H16ClN3OS/c1-10-2-4-11(5-3-10)13(20)9-17-8-12-14(16)18-15-19(12)6-7-21-15/h2-7,13,17,20H,8-9H2,1H3. The Hall–Kier alpha value is -1.40. The van der Waals surface area contributed by atoms with Crippen molar-refractivity contribution in [2.24, 2.45) is 0 Å². The average Bonchev–Trinajstić information content (AvgIpc) is 3.02. The van der Waals surface area contributed by atoms with Gasteiger partial charge < -0.3 is 10.4 Å². The maximum atomic E-state index is 10.2. The third-order valence-electron chi connectivity index (χ3n) is 3.40. The molecule has 2 N–H and O–H groups in total. The molecule has 2 heterocycles. The van der Waals surface area contributed by atoms with Gasteiger partial charge in [-0.1, -0.05) is 41.4 Å². The Balaban J connectivity index is 1.62. The number of rotatable bonds is 5. The average molecular weight is 322 g/mol. The van der Waals surface area contributed by atoms with E-state index in [2.05, 4.69) is 10.3 Å². The van der Waals surface area contributed by atoms with E-state index < -0.39 is 6.10 Å². The summed E-state index contributed by atoms with van der Waals surface area (Å²) in [5.74, 6) is 0. The molecular weight excluding hydrogens is 306 g/mol. The SMILES string of the molecule is Cc1ccc(C(O)CNCc2c(Cl)nc3sccn23)cc1. The predicted molar refractivity (Wildman–Crippen MR) is 85.9 cm³/mol. The van der Waals surface area contributed by atoms with E-state index in [1.807, 2.05) is 47.2 Å². The minimum Gasteiger partial charge on any atom is -0.387 e. The molecule has 0 saturated heterocycles. The summed E-state index contributed by atoms with van der Waals surface area (Å²) in [6.07, 6.45) is 1.42. The fourth-order valence-corrected chi connectivity index (χ4v) is 3.22. The summed E-state index contributed by atoms with van der Waals surface area (Å²) < 4.78 is 1.97. The minimum atomic E-state index is -0.532. The molecule has 0 aliphatic carbocycles. The molecule has 1 atom stereocenters. The number of thiazole rings is 1. The van der Waals surface area contributed by atoms with E-state index in [9.17, 15) is 5.11 Å². The summed E-state index contributed by atoms with van der Waals surface area (Å²) in [7, 11) is 0. The Morgan fingerprint density at radius 3 is 2.90 bits per heavy atom. The van der Waals surface area contributed by atoms with Crippen LogP contribution in [0.5, 0.6) is 0 Å². The molecule has 0 amide bonds. The second kappa shape index (κ2) is 6.15. The lowest BCUT2D eigenvalue weighted by atomic mass is 10.1. The van der Waals surface area contributed by atoms with Crippen molar-refractivity contribution < 1.29 is 5.11 Å². The molecule has 0 aliphatic rings. The fourth-order valence-electron chi connectivity index (χ4n) is 2.20. The number of nitrogens with zero attached hydrogens (tertiary/aromatic N) is 2. The third-order valence-corrected chi connectivity index (χ3v) is 4.46. The number of benzene rings is 1. The molecule has 21 heavy (non-hydrogen) atoms. The highest BCUT2D eigenvalue weighted by Crippen LogP contribution is 2.21. The van der Waals surface area contributed by atoms with Crippen LogP contribution in [-0.4, -0.2) is 21.0 Å². The highest BCUT2D eigenvalue weighted by atomic mass is 35.5. The lowest BCUT2D eigenvalue weighted by Crippen LogP contribution is -2.21. The van der Waals surface area contributed by atoms with Crippen LogP contribution in [0.3, 0.4) is 0 Å². The summed E-state index contributed by atoms with van der Waals surface area (Å²) in [5.41, 5.74) is 3.02. The molecule has 2 aromatic heterocycles. The van der Waals surface area contributed by atoms with Crippen LogP contribution >= 0.6 is 22.9 Å². The van der Waals surface area contributed by atoms with E-state index in [1.165, 1.54) is 5.56 Å². The molecule has 0 fully saturated rings. The van der Waals surface area contributed by atoms with Gasteiger partial charge in [0, 0.05) is 24.7 Å². The minimum absolute atomic E-state index is 0.469. The quantitative estimate of drug-likeness (QED) is 0.759. The zero-order valence-electron chi connectivity index (χ0n) is 11.6. The maximum absolute atomic E-state index is 10.2. The Bertz CT molecular complexity index is 735. The molecule has 1 unspecified atom stereocenters. The molecule has 0 bridgehead atoms. The molecule has 0 spiro atoms. The van der Waals surface area contributed by atoms with Crippen LogP contribution in [0, 0.1) is 6.92 Å². The monoisotopic (exact) mass is 321 g/mol. The molecule has 3 rings (SSSR count). The molecule has 4 nitrogen and oxygen atoms in total. The Morgan fingerprint density at radius 2 is 2.14 bits per heavy atom. The molecular formula is C15H16ClN3OS. The van der Waals surface area contributed by atoms with Gasteiger partial charge in [0.15, 0.2) is 10.1 Å². The molecule has 6 heteroatoms. The summed E-state index contributed by atoms with van der Waals surface area (Å²) in [6.45, 7) is 3.07. The van der Waals surface area contributed by atoms with Gasteiger partial charge in [-0.05, 0) is 12.5 Å². The Labute approximate surface area is 132 Å². The number of aliphatic hydroxyl groups excluding tert-OH is 1. The lowest BCUT2D eigenvalue weighted by Gasteiger charge is -2.12. The van der Waals surface area contributed by atoms with Crippen molar-refractivity contribution in [3.05, 3.63) is 57.8 Å². The summed E-state index contributed by atoms with van der Waals surface area (Å²) in [5, 5.41) is 15.9. The number of imidazole rings is 1. The number of nitrogens with one attached hydrogen (secondary N) is 1. The zero-order chi connectivity index (χ0) is 14.8. The molecule has 3 aromatic rings. The second-order valence-electron chi connectivity index (χ2n) is 4.96. The van der Waals surface area contributed by atoms with Gasteiger partial charge in [0.05, 0.1) is 11.8 Å². The van der Waals surface area contributed by atoms with Crippen molar-refractivity contribution in [2.45, 2.75) is 19.6 Å². The predicted octanol–water partition coefficient (Wildman–Crippen LogP) is 3.18. The number of halogens is 1. The normalized spacial score (nSPS) is 12.9. The van der Waals surface area contributed by atoms with E-state index in [-0.39, 0.29) is 0 Å². The van der Waals surface area contributed by atoms with Crippen LogP contribution in [0.4, 0.5) is 0 Å². The first kappa shape index (κ1) is 14.5. The van der Waals surface area contributed by atoms with Crippen molar-refractivity contribution >= 4 is 27.9 Å². The summed E-state index contributed by atoms with van der Waals surface area (Å²) in [4.78, 5) is 5.17. The van der Waals surface area contributed by atoms with Crippen LogP contribution in [0.25, 0.3) is 4.96 Å². The summed E-state index contributed by atoms with van der Waals surface area (Å²) in [6, 6.07) is 7.90. The molecule has 0 aliphatic heterocycles. The van der Waals surface area contributed by atoms with E-state index in [0.29, 0.717) is 18.2 Å². The zero-order valence-corrected chi connectivity index (χ0v) is 13.2. The number of fused-ring (bicyclic) bond motifs is 1. The van der Waals surface area contributed by atoms with Gasteiger partial charge in [-0.25, -0.2) is 4.98 Å². The van der Waals surface area contributed by atoms with Crippen molar-refractivity contribution in [3.8, 4) is 0 Å². The van der Waals surface area contributed by atoms with Crippen molar-refractivity contribution in [1.29, 1.82) is 0 Å². The first-order valence-corrected chi connectivity index (χ1v) is 7.96. The van der Waals surface area contributed by atoms with E-state index in [1.54, 1.807) is 11.3 Å². The third kappa shape index (κ3) is 3.11. The Kier molecular flexibility index (Phi) is 4.26. The van der Waals surface area contributed by atoms with Crippen LogP contribution in [0.2, 0.25) is 5.15 Å². The smallest absolute Gasteiger partial charge is 0.195 e. The van der Waals surface area contributed by atoms with Crippen molar-refractivity contribution in [1.82, 2.24) is 14.7 Å². The second-order valence-corrected chi connectivity index (χ2v) is 6.19. The molecule has 1 aromatic carbocycles. The molecule has 110 valence electrons. The number of aryl methyl sites for hydroxylation is 1. The fraction of sp³-hybridized carbons (Fsp3) is 0.267. The van der Waals surface area contributed by atoms with Gasteiger partial charge in [-0.3, -0.25) is 4.40 Å². The first-order chi connectivity index (χ1) is 10.1. The van der Waals surface area contributed by atoms with Gasteiger partial charge in [-0.15, -0.1) is 11.3 Å². The number of hydrogen-bond donors (Lipinski definition) is 2. The number of aliphatic hydroxyl groups is 1. The van der Waals surface area contributed by atoms with Crippen LogP contribution < -0.4 is 5.32 Å². The summed E-state index contributed by atoms with van der Waals surface area (Å²) >= 11 is 7.68. The first-order valence-electron chi connectivity index (χ1n) is 6.70. The lowest BCUT2D eigenvalue weighted by molar-refractivity contribution is 0.174. The van der Waals surface area contributed by atoms with E-state index in [0.717, 1.165) is 16.2 Å². The Morgan fingerprint density at radius 1 is 1.38 bits per heavy atom. The van der Waals surface area contributed by atoms with Gasteiger partial charge in [0.1, 0.15) is 0 Å². The van der Waals surface area contributed by atoms with Crippen LogP contribution in [0.15, 0.2) is 35.8 Å². The molecule has 0 saturated carbocycles. The highest BCUT2D eigenvalue weighted by molar-refractivity contribution is 7.15. The topological polar surface area (TPSA) is 49.6 Å². The van der Waals surface area contributed by atoms with E-state index >= 15 is 0 Å². The number of aromatic nitrogens is 2. The maximum Gasteiger partial charge on any atom is 0.195 e. The highest BCUT2D eigenvalue weighted by Gasteiger charge is 2.12. The van der Waals surface area contributed by atoms with Gasteiger partial charge in [-0.2, -0.15) is 0 Å². The van der Waals surface area contributed by atoms with Crippen molar-refractivity contribution in [2.75, 3.05) is 6.54 Å². The van der Waals surface area contributed by atoms with E-state index in [4.69, 9.17) is 11.6 Å². The molecule has 0 radical (unpaired) electrons. The van der Waals surface area contributed by atoms with Crippen molar-refractivity contribution in [3.63, 3.8) is 0 Å². The largest absolute Gasteiger partial charge is 0.387 e.